The summed E-state index contributed by atoms with van der Waals surface area (Å²) in [5.74, 6) is -0.358. The third-order valence-electron chi connectivity index (χ3n) is 5.40. The van der Waals surface area contributed by atoms with E-state index in [-0.39, 0.29) is 13.1 Å². The van der Waals surface area contributed by atoms with E-state index in [9.17, 15) is 18.3 Å². The zero-order valence-corrected chi connectivity index (χ0v) is 17.1. The van der Waals surface area contributed by atoms with E-state index < -0.39 is 22.2 Å². The normalized spacial score (nSPS) is 22.1. The van der Waals surface area contributed by atoms with Crippen molar-refractivity contribution in [1.82, 2.24) is 18.4 Å². The number of carboxylic acids is 1. The van der Waals surface area contributed by atoms with Crippen LogP contribution < -0.4 is 4.74 Å². The highest BCUT2D eigenvalue weighted by Crippen LogP contribution is 2.26. The minimum absolute atomic E-state index is 0.280. The maximum absolute atomic E-state index is 12.9. The Labute approximate surface area is 166 Å². The molecule has 1 aromatic rings. The molecule has 10 heteroatoms. The average molecular weight is 413 g/mol. The Hall–Kier alpha value is -1.72. The summed E-state index contributed by atoms with van der Waals surface area (Å²) in [5, 5.41) is 9.77. The molecule has 0 bridgehead atoms. The number of benzene rings is 1. The maximum atomic E-state index is 12.9. The van der Waals surface area contributed by atoms with Gasteiger partial charge in [0.05, 0.1) is 7.11 Å². The first kappa shape index (κ1) is 21.0. The SMILES string of the molecule is COc1cccc(C(C(=O)O)N2CCN(S(=O)(=O)N3CCN(C)CC3)CC2)c1. The van der Waals surface area contributed by atoms with Crippen LogP contribution in [0.4, 0.5) is 0 Å². The van der Waals surface area contributed by atoms with Crippen LogP contribution in [0, 0.1) is 0 Å². The van der Waals surface area contributed by atoms with Crippen LogP contribution in [0.15, 0.2) is 24.3 Å². The Bertz CT molecular complexity index is 787. The topological polar surface area (TPSA) is 93.6 Å². The number of ether oxygens (including phenoxy) is 1. The van der Waals surface area contributed by atoms with Gasteiger partial charge in [-0.3, -0.25) is 9.69 Å². The fourth-order valence-corrected chi connectivity index (χ4v) is 5.27. The van der Waals surface area contributed by atoms with Crippen molar-refractivity contribution >= 4 is 16.2 Å². The molecule has 1 atom stereocenters. The van der Waals surface area contributed by atoms with E-state index in [2.05, 4.69) is 4.90 Å². The lowest BCUT2D eigenvalue weighted by Gasteiger charge is -2.40. The van der Waals surface area contributed by atoms with Gasteiger partial charge in [-0.15, -0.1) is 0 Å². The molecular weight excluding hydrogens is 384 g/mol. The van der Waals surface area contributed by atoms with Gasteiger partial charge in [-0.05, 0) is 24.7 Å². The summed E-state index contributed by atoms with van der Waals surface area (Å²) < 4.78 is 34.0. The number of hydrogen-bond acceptors (Lipinski definition) is 6. The predicted octanol–water partition coefficient (Wildman–Crippen LogP) is -0.0693. The monoisotopic (exact) mass is 412 g/mol. The van der Waals surface area contributed by atoms with Gasteiger partial charge in [0.2, 0.25) is 0 Å². The molecule has 156 valence electrons. The fraction of sp³-hybridized carbons (Fsp3) is 0.611. The third kappa shape index (κ3) is 4.47. The molecule has 2 heterocycles. The van der Waals surface area contributed by atoms with Gasteiger partial charge in [0.1, 0.15) is 11.8 Å². The summed E-state index contributed by atoms with van der Waals surface area (Å²) in [6.45, 7) is 3.70. The van der Waals surface area contributed by atoms with Crippen LogP contribution in [-0.4, -0.2) is 104 Å². The lowest BCUT2D eigenvalue weighted by atomic mass is 10.0. The Balaban J connectivity index is 1.68. The van der Waals surface area contributed by atoms with Crippen molar-refractivity contribution in [2.24, 2.45) is 0 Å². The van der Waals surface area contributed by atoms with Crippen molar-refractivity contribution in [1.29, 1.82) is 0 Å². The van der Waals surface area contributed by atoms with Gasteiger partial charge < -0.3 is 14.7 Å². The van der Waals surface area contributed by atoms with E-state index in [1.165, 1.54) is 15.7 Å². The maximum Gasteiger partial charge on any atom is 0.325 e. The van der Waals surface area contributed by atoms with Crippen molar-refractivity contribution in [3.63, 3.8) is 0 Å². The number of carbonyl (C=O) groups is 1. The highest BCUT2D eigenvalue weighted by atomic mass is 32.2. The number of methoxy groups -OCH3 is 1. The van der Waals surface area contributed by atoms with Gasteiger partial charge >= 0.3 is 5.97 Å². The molecule has 2 fully saturated rings. The number of carboxylic acid groups (broad SMARTS) is 1. The number of aliphatic carboxylic acids is 1. The molecule has 0 spiro atoms. The van der Waals surface area contributed by atoms with Crippen LogP contribution in [-0.2, 0) is 15.0 Å². The van der Waals surface area contributed by atoms with Crippen molar-refractivity contribution in [2.75, 3.05) is 66.5 Å². The summed E-state index contributed by atoms with van der Waals surface area (Å²) in [5.41, 5.74) is 0.627. The lowest BCUT2D eigenvalue weighted by Crippen LogP contribution is -2.57. The molecule has 0 aliphatic carbocycles. The molecule has 1 unspecified atom stereocenters. The first-order valence-electron chi connectivity index (χ1n) is 9.37. The second-order valence-electron chi connectivity index (χ2n) is 7.16. The first-order valence-corrected chi connectivity index (χ1v) is 10.8. The van der Waals surface area contributed by atoms with Crippen LogP contribution in [0.25, 0.3) is 0 Å². The molecule has 1 aromatic carbocycles. The molecule has 0 radical (unpaired) electrons. The Morgan fingerprint density at radius 3 is 2.14 bits per heavy atom. The van der Waals surface area contributed by atoms with Crippen molar-refractivity contribution in [3.05, 3.63) is 29.8 Å². The average Bonchev–Trinajstić information content (AvgIpc) is 2.69. The molecule has 3 rings (SSSR count). The summed E-state index contributed by atoms with van der Waals surface area (Å²) in [4.78, 5) is 15.8. The number of hydrogen-bond donors (Lipinski definition) is 1. The van der Waals surface area contributed by atoms with Crippen molar-refractivity contribution < 1.29 is 23.1 Å². The van der Waals surface area contributed by atoms with E-state index in [4.69, 9.17) is 4.74 Å². The van der Waals surface area contributed by atoms with E-state index in [0.29, 0.717) is 37.5 Å². The quantitative estimate of drug-likeness (QED) is 0.699. The molecule has 2 aliphatic rings. The third-order valence-corrected chi connectivity index (χ3v) is 7.43. The zero-order chi connectivity index (χ0) is 20.3. The van der Waals surface area contributed by atoms with Crippen LogP contribution in [0.2, 0.25) is 0 Å². The van der Waals surface area contributed by atoms with E-state index in [1.54, 1.807) is 24.3 Å². The highest BCUT2D eigenvalue weighted by molar-refractivity contribution is 7.86. The molecule has 9 nitrogen and oxygen atoms in total. The van der Waals surface area contributed by atoms with Gasteiger partial charge in [-0.2, -0.15) is 17.0 Å². The summed E-state index contributed by atoms with van der Waals surface area (Å²) in [6, 6.07) is 6.17. The zero-order valence-electron chi connectivity index (χ0n) is 16.3. The predicted molar refractivity (Wildman–Crippen MR) is 105 cm³/mol. The van der Waals surface area contributed by atoms with E-state index in [0.717, 1.165) is 13.1 Å². The Morgan fingerprint density at radius 2 is 1.61 bits per heavy atom. The molecule has 0 amide bonds. The highest BCUT2D eigenvalue weighted by Gasteiger charge is 2.37. The number of nitrogens with zero attached hydrogens (tertiary/aromatic N) is 4. The van der Waals surface area contributed by atoms with Gasteiger partial charge in [-0.25, -0.2) is 0 Å². The van der Waals surface area contributed by atoms with Crippen LogP contribution >= 0.6 is 0 Å². The van der Waals surface area contributed by atoms with Gasteiger partial charge in [0.25, 0.3) is 10.2 Å². The molecule has 2 saturated heterocycles. The second kappa shape index (κ2) is 8.75. The Morgan fingerprint density at radius 1 is 1.04 bits per heavy atom. The second-order valence-corrected chi connectivity index (χ2v) is 9.09. The molecule has 2 aliphatic heterocycles. The lowest BCUT2D eigenvalue weighted by molar-refractivity contribution is -0.144. The van der Waals surface area contributed by atoms with Gasteiger partial charge in [0.15, 0.2) is 0 Å². The largest absolute Gasteiger partial charge is 0.497 e. The van der Waals surface area contributed by atoms with Crippen LogP contribution in [0.1, 0.15) is 11.6 Å². The fourth-order valence-electron chi connectivity index (χ4n) is 3.70. The molecule has 0 aromatic heterocycles. The minimum Gasteiger partial charge on any atom is -0.497 e. The number of piperazine rings is 2. The van der Waals surface area contributed by atoms with Crippen molar-refractivity contribution in [2.45, 2.75) is 6.04 Å². The molecule has 0 saturated carbocycles. The van der Waals surface area contributed by atoms with Crippen molar-refractivity contribution in [3.8, 4) is 5.75 Å². The van der Waals surface area contributed by atoms with Crippen LogP contribution in [0.5, 0.6) is 5.75 Å². The van der Waals surface area contributed by atoms with Gasteiger partial charge in [0, 0.05) is 52.4 Å². The van der Waals surface area contributed by atoms with E-state index in [1.807, 2.05) is 11.9 Å². The standard InChI is InChI=1S/C18H28N4O5S/c1-19-6-10-21(11-7-19)28(25,26)22-12-8-20(9-13-22)17(18(23)24)15-4-3-5-16(14-15)27-2/h3-5,14,17H,6-13H2,1-2H3,(H,23,24). The number of likely N-dealkylation sites (N-methyl/N-ethyl adjacent to an activating group) is 1. The first-order chi connectivity index (χ1) is 13.3. The summed E-state index contributed by atoms with van der Waals surface area (Å²) >= 11 is 0. The van der Waals surface area contributed by atoms with Crippen LogP contribution in [0.3, 0.4) is 0 Å². The molecule has 28 heavy (non-hydrogen) atoms. The Kier molecular flexibility index (Phi) is 6.56. The number of rotatable bonds is 6. The molecular formula is C18H28N4O5S. The van der Waals surface area contributed by atoms with Gasteiger partial charge in [-0.1, -0.05) is 12.1 Å². The molecule has 1 N–H and O–H groups in total. The summed E-state index contributed by atoms with van der Waals surface area (Å²) in [6.07, 6.45) is 0. The minimum atomic E-state index is -3.51. The smallest absolute Gasteiger partial charge is 0.325 e. The van der Waals surface area contributed by atoms with E-state index >= 15 is 0 Å². The summed E-state index contributed by atoms with van der Waals surface area (Å²) in [7, 11) is 0.0108.